The van der Waals surface area contributed by atoms with Crippen LogP contribution in [0.4, 0.5) is 30.5 Å². The SMILES string of the molecule is CC(C)Nc1cc(Nc2ccnc(C(F)(F)F)c2)nc(-c2cccc(C3(O)CC3)c2)n1. The third-order valence-corrected chi connectivity index (χ3v) is 4.87. The first-order chi connectivity index (χ1) is 14.6. The van der Waals surface area contributed by atoms with Crippen molar-refractivity contribution in [3.63, 3.8) is 0 Å². The van der Waals surface area contributed by atoms with Gasteiger partial charge in [-0.15, -0.1) is 0 Å². The van der Waals surface area contributed by atoms with E-state index in [0.717, 1.165) is 17.8 Å². The zero-order valence-corrected chi connectivity index (χ0v) is 17.0. The molecule has 1 aromatic carbocycles. The van der Waals surface area contributed by atoms with Crippen LogP contribution < -0.4 is 10.6 Å². The number of benzene rings is 1. The molecular weight excluding hydrogens is 407 g/mol. The highest BCUT2D eigenvalue weighted by atomic mass is 19.4. The number of rotatable bonds is 6. The zero-order valence-electron chi connectivity index (χ0n) is 17.0. The van der Waals surface area contributed by atoms with E-state index in [4.69, 9.17) is 0 Å². The fourth-order valence-electron chi connectivity index (χ4n) is 3.18. The Bertz CT molecular complexity index is 1100. The van der Waals surface area contributed by atoms with Gasteiger partial charge in [-0.1, -0.05) is 18.2 Å². The highest BCUT2D eigenvalue weighted by Crippen LogP contribution is 2.45. The standard InChI is InChI=1S/C22H22F3N5O/c1-13(2)27-18-12-19(28-16-6-9-26-17(11-16)22(23,24)25)30-20(29-18)14-4-3-5-15(10-14)21(31)7-8-21/h3-6,9-13,31H,7-8H2,1-2H3,(H2,26,27,28,29,30). The number of aliphatic hydroxyl groups is 1. The van der Waals surface area contributed by atoms with Gasteiger partial charge >= 0.3 is 6.18 Å². The molecule has 0 amide bonds. The van der Waals surface area contributed by atoms with Crippen molar-refractivity contribution in [2.45, 2.75) is 44.5 Å². The van der Waals surface area contributed by atoms with Gasteiger partial charge in [-0.2, -0.15) is 13.2 Å². The molecule has 9 heteroatoms. The Balaban J connectivity index is 1.70. The highest BCUT2D eigenvalue weighted by Gasteiger charge is 2.42. The molecule has 0 radical (unpaired) electrons. The second-order valence-corrected chi connectivity index (χ2v) is 7.93. The number of pyridine rings is 1. The van der Waals surface area contributed by atoms with Crippen LogP contribution in [-0.2, 0) is 11.8 Å². The van der Waals surface area contributed by atoms with Crippen molar-refractivity contribution in [3.8, 4) is 11.4 Å². The van der Waals surface area contributed by atoms with Gasteiger partial charge in [0.1, 0.15) is 17.3 Å². The number of halogens is 3. The topological polar surface area (TPSA) is 83.0 Å². The van der Waals surface area contributed by atoms with Crippen molar-refractivity contribution >= 4 is 17.3 Å². The molecule has 4 rings (SSSR count). The second-order valence-electron chi connectivity index (χ2n) is 7.93. The van der Waals surface area contributed by atoms with E-state index in [2.05, 4.69) is 25.6 Å². The lowest BCUT2D eigenvalue weighted by molar-refractivity contribution is -0.141. The van der Waals surface area contributed by atoms with Gasteiger partial charge in [0.2, 0.25) is 0 Å². The molecule has 2 aromatic heterocycles. The van der Waals surface area contributed by atoms with Gasteiger partial charge in [0, 0.05) is 29.6 Å². The first kappa shape index (κ1) is 21.0. The Kier molecular flexibility index (Phi) is 5.30. The summed E-state index contributed by atoms with van der Waals surface area (Å²) >= 11 is 0. The van der Waals surface area contributed by atoms with Gasteiger partial charge in [-0.3, -0.25) is 4.98 Å². The predicted molar refractivity (Wildman–Crippen MR) is 112 cm³/mol. The second kappa shape index (κ2) is 7.81. The highest BCUT2D eigenvalue weighted by molar-refractivity contribution is 5.66. The third-order valence-electron chi connectivity index (χ3n) is 4.87. The molecule has 1 aliphatic rings. The van der Waals surface area contributed by atoms with E-state index < -0.39 is 17.5 Å². The van der Waals surface area contributed by atoms with Crippen molar-refractivity contribution < 1.29 is 18.3 Å². The Hall–Kier alpha value is -3.20. The molecule has 162 valence electrons. The number of hydrogen-bond acceptors (Lipinski definition) is 6. The lowest BCUT2D eigenvalue weighted by atomic mass is 10.0. The summed E-state index contributed by atoms with van der Waals surface area (Å²) in [6.07, 6.45) is -2.02. The minimum atomic E-state index is -4.54. The molecule has 1 aliphatic carbocycles. The van der Waals surface area contributed by atoms with Crippen LogP contribution in [0.3, 0.4) is 0 Å². The Morgan fingerprint density at radius 3 is 2.45 bits per heavy atom. The van der Waals surface area contributed by atoms with E-state index in [1.807, 2.05) is 38.1 Å². The molecule has 3 N–H and O–H groups in total. The smallest absolute Gasteiger partial charge is 0.385 e. The minimum Gasteiger partial charge on any atom is -0.385 e. The summed E-state index contributed by atoms with van der Waals surface area (Å²) < 4.78 is 39.0. The molecule has 0 aliphatic heterocycles. The molecule has 0 atom stereocenters. The molecular formula is C22H22F3N5O. The lowest BCUT2D eigenvalue weighted by Crippen LogP contribution is -2.12. The van der Waals surface area contributed by atoms with Crippen LogP contribution >= 0.6 is 0 Å². The van der Waals surface area contributed by atoms with E-state index in [-0.39, 0.29) is 11.7 Å². The summed E-state index contributed by atoms with van der Waals surface area (Å²) in [5, 5.41) is 16.5. The number of alkyl halides is 3. The van der Waals surface area contributed by atoms with Crippen LogP contribution in [0.1, 0.15) is 37.9 Å². The normalized spacial score (nSPS) is 15.1. The molecule has 0 spiro atoms. The Labute approximate surface area is 177 Å². The Morgan fingerprint density at radius 2 is 1.77 bits per heavy atom. The van der Waals surface area contributed by atoms with Crippen LogP contribution in [0.2, 0.25) is 0 Å². The van der Waals surface area contributed by atoms with Crippen molar-refractivity contribution in [3.05, 3.63) is 59.9 Å². The fourth-order valence-corrected chi connectivity index (χ4v) is 3.18. The monoisotopic (exact) mass is 429 g/mol. The van der Waals surface area contributed by atoms with Crippen LogP contribution in [0, 0.1) is 0 Å². The summed E-state index contributed by atoms with van der Waals surface area (Å²) in [7, 11) is 0. The third kappa shape index (κ3) is 4.93. The minimum absolute atomic E-state index is 0.0897. The molecule has 0 bridgehead atoms. The van der Waals surface area contributed by atoms with E-state index in [1.54, 1.807) is 6.07 Å². The summed E-state index contributed by atoms with van der Waals surface area (Å²) in [4.78, 5) is 12.4. The molecule has 3 aromatic rings. The van der Waals surface area contributed by atoms with E-state index >= 15 is 0 Å². The number of anilines is 3. The maximum absolute atomic E-state index is 13.0. The van der Waals surface area contributed by atoms with Gasteiger partial charge in [0.05, 0.1) is 5.60 Å². The first-order valence-corrected chi connectivity index (χ1v) is 9.92. The van der Waals surface area contributed by atoms with E-state index in [0.29, 0.717) is 35.9 Å². The number of hydrogen-bond donors (Lipinski definition) is 3. The summed E-state index contributed by atoms with van der Waals surface area (Å²) in [6.45, 7) is 3.91. The average molecular weight is 429 g/mol. The molecule has 2 heterocycles. The number of aromatic nitrogens is 3. The maximum atomic E-state index is 13.0. The van der Waals surface area contributed by atoms with Crippen LogP contribution in [-0.4, -0.2) is 26.1 Å². The molecule has 0 unspecified atom stereocenters. The molecule has 31 heavy (non-hydrogen) atoms. The van der Waals surface area contributed by atoms with Crippen molar-refractivity contribution in [2.75, 3.05) is 10.6 Å². The lowest BCUT2D eigenvalue weighted by Gasteiger charge is -2.15. The summed E-state index contributed by atoms with van der Waals surface area (Å²) in [5.41, 5.74) is -0.0647. The van der Waals surface area contributed by atoms with E-state index in [1.165, 1.54) is 6.07 Å². The fraction of sp³-hybridized carbons (Fsp3) is 0.318. The average Bonchev–Trinajstić information content (AvgIpc) is 3.46. The number of nitrogens with zero attached hydrogens (tertiary/aromatic N) is 3. The summed E-state index contributed by atoms with van der Waals surface area (Å²) in [5.74, 6) is 1.26. The van der Waals surface area contributed by atoms with Gasteiger partial charge in [0.15, 0.2) is 5.82 Å². The maximum Gasteiger partial charge on any atom is 0.433 e. The Morgan fingerprint density at radius 1 is 1.03 bits per heavy atom. The van der Waals surface area contributed by atoms with E-state index in [9.17, 15) is 18.3 Å². The number of nitrogens with one attached hydrogen (secondary N) is 2. The summed E-state index contributed by atoms with van der Waals surface area (Å²) in [6, 6.07) is 11.5. The van der Waals surface area contributed by atoms with Gasteiger partial charge < -0.3 is 15.7 Å². The van der Waals surface area contributed by atoms with Crippen LogP contribution in [0.5, 0.6) is 0 Å². The van der Waals surface area contributed by atoms with Crippen LogP contribution in [0.25, 0.3) is 11.4 Å². The van der Waals surface area contributed by atoms with Gasteiger partial charge in [-0.05, 0) is 50.5 Å². The molecule has 1 fully saturated rings. The zero-order chi connectivity index (χ0) is 22.2. The van der Waals surface area contributed by atoms with Crippen molar-refractivity contribution in [1.29, 1.82) is 0 Å². The van der Waals surface area contributed by atoms with Crippen molar-refractivity contribution in [1.82, 2.24) is 15.0 Å². The van der Waals surface area contributed by atoms with Crippen molar-refractivity contribution in [2.24, 2.45) is 0 Å². The predicted octanol–water partition coefficient (Wildman–Crippen LogP) is 5.10. The largest absolute Gasteiger partial charge is 0.433 e. The van der Waals surface area contributed by atoms with Crippen LogP contribution in [0.15, 0.2) is 48.7 Å². The molecule has 1 saturated carbocycles. The quantitative estimate of drug-likeness (QED) is 0.506. The molecule has 0 saturated heterocycles. The first-order valence-electron chi connectivity index (χ1n) is 9.92. The van der Waals surface area contributed by atoms with Gasteiger partial charge in [0.25, 0.3) is 0 Å². The molecule has 6 nitrogen and oxygen atoms in total. The van der Waals surface area contributed by atoms with Gasteiger partial charge in [-0.25, -0.2) is 9.97 Å².